The smallest absolute Gasteiger partial charge is 0.250 e. The number of fused-ring (bicyclic) bond motifs is 1. The Morgan fingerprint density at radius 3 is 2.86 bits per heavy atom. The average molecular weight is 395 g/mol. The van der Waals surface area contributed by atoms with Crippen LogP contribution in [0.1, 0.15) is 50.7 Å². The number of carbonyl (C=O) groups excluding carboxylic acids is 1. The third kappa shape index (κ3) is 4.98. The highest BCUT2D eigenvalue weighted by Crippen LogP contribution is 2.30. The third-order valence-electron chi connectivity index (χ3n) is 4.62. The number of rotatable bonds is 8. The maximum absolute atomic E-state index is 12.3. The van der Waals surface area contributed by atoms with Gasteiger partial charge in [-0.1, -0.05) is 56.4 Å². The number of aromatic nitrogens is 1. The van der Waals surface area contributed by atoms with Gasteiger partial charge in [-0.25, -0.2) is 4.98 Å². The standard InChI is InChI=1S/C23H26N2O2S/c1-4-14-27-20-9-7-6-8-17(20)11-13-22(26)25-23-24-19-12-10-18(16(3)5-2)15-21(19)28-23/h6-13,15-16H,4-5,14H2,1-3H3,(H,24,25,26)/b13-11+. The minimum atomic E-state index is -0.202. The van der Waals surface area contributed by atoms with Crippen LogP contribution in [0.15, 0.2) is 48.5 Å². The van der Waals surface area contributed by atoms with Crippen LogP contribution < -0.4 is 10.1 Å². The van der Waals surface area contributed by atoms with E-state index in [1.807, 2.05) is 30.3 Å². The molecule has 0 fully saturated rings. The van der Waals surface area contributed by atoms with Crippen LogP contribution in [0.25, 0.3) is 16.3 Å². The molecule has 5 heteroatoms. The van der Waals surface area contributed by atoms with Gasteiger partial charge < -0.3 is 4.74 Å². The van der Waals surface area contributed by atoms with Gasteiger partial charge in [0.2, 0.25) is 5.91 Å². The summed E-state index contributed by atoms with van der Waals surface area (Å²) in [4.78, 5) is 16.9. The molecule has 1 heterocycles. The minimum Gasteiger partial charge on any atom is -0.493 e. The maximum atomic E-state index is 12.3. The Bertz CT molecular complexity index is 978. The summed E-state index contributed by atoms with van der Waals surface area (Å²) in [5, 5.41) is 3.48. The van der Waals surface area contributed by atoms with Gasteiger partial charge in [-0.2, -0.15) is 0 Å². The van der Waals surface area contributed by atoms with E-state index in [9.17, 15) is 4.79 Å². The number of amides is 1. The van der Waals surface area contributed by atoms with Crippen LogP contribution in [-0.4, -0.2) is 17.5 Å². The summed E-state index contributed by atoms with van der Waals surface area (Å²) in [7, 11) is 0. The van der Waals surface area contributed by atoms with E-state index in [4.69, 9.17) is 4.74 Å². The highest BCUT2D eigenvalue weighted by molar-refractivity contribution is 7.22. The first-order chi connectivity index (χ1) is 13.6. The van der Waals surface area contributed by atoms with Crippen LogP contribution in [0.4, 0.5) is 5.13 Å². The predicted octanol–water partition coefficient (Wildman–Crippen LogP) is 6.25. The van der Waals surface area contributed by atoms with E-state index in [1.54, 1.807) is 6.08 Å². The van der Waals surface area contributed by atoms with Gasteiger partial charge in [0.05, 0.1) is 16.8 Å². The fourth-order valence-electron chi connectivity index (χ4n) is 2.81. The zero-order valence-electron chi connectivity index (χ0n) is 16.6. The van der Waals surface area contributed by atoms with Crippen molar-refractivity contribution < 1.29 is 9.53 Å². The Hall–Kier alpha value is -2.66. The summed E-state index contributed by atoms with van der Waals surface area (Å²) >= 11 is 1.50. The maximum Gasteiger partial charge on any atom is 0.250 e. The zero-order chi connectivity index (χ0) is 19.9. The molecule has 1 N–H and O–H groups in total. The van der Waals surface area contributed by atoms with Crippen molar-refractivity contribution in [2.75, 3.05) is 11.9 Å². The van der Waals surface area contributed by atoms with Gasteiger partial charge in [0.15, 0.2) is 5.13 Å². The van der Waals surface area contributed by atoms with Crippen molar-refractivity contribution in [3.63, 3.8) is 0 Å². The molecule has 0 saturated heterocycles. The van der Waals surface area contributed by atoms with Crippen molar-refractivity contribution in [2.24, 2.45) is 0 Å². The van der Waals surface area contributed by atoms with Crippen LogP contribution in [0, 0.1) is 0 Å². The van der Waals surface area contributed by atoms with Crippen LogP contribution >= 0.6 is 11.3 Å². The quantitative estimate of drug-likeness (QED) is 0.459. The molecule has 0 saturated carbocycles. The molecule has 0 aliphatic heterocycles. The lowest BCUT2D eigenvalue weighted by molar-refractivity contribution is -0.111. The van der Waals surface area contributed by atoms with E-state index in [0.29, 0.717) is 17.7 Å². The van der Waals surface area contributed by atoms with Crippen LogP contribution in [0.2, 0.25) is 0 Å². The number of nitrogens with zero attached hydrogens (tertiary/aromatic N) is 1. The van der Waals surface area contributed by atoms with E-state index < -0.39 is 0 Å². The third-order valence-corrected chi connectivity index (χ3v) is 5.55. The molecule has 1 aromatic heterocycles. The lowest BCUT2D eigenvalue weighted by Crippen LogP contribution is -2.07. The van der Waals surface area contributed by atoms with Gasteiger partial charge in [-0.3, -0.25) is 10.1 Å². The molecular formula is C23H26N2O2S. The zero-order valence-corrected chi connectivity index (χ0v) is 17.4. The largest absolute Gasteiger partial charge is 0.493 e. The highest BCUT2D eigenvalue weighted by Gasteiger charge is 2.09. The molecule has 1 atom stereocenters. The molecule has 2 aromatic carbocycles. The number of hydrogen-bond acceptors (Lipinski definition) is 4. The number of benzene rings is 2. The Labute approximate surface area is 170 Å². The molecule has 3 rings (SSSR count). The van der Waals surface area contributed by atoms with Crippen molar-refractivity contribution in [1.82, 2.24) is 4.98 Å². The number of thiazole rings is 1. The fourth-order valence-corrected chi connectivity index (χ4v) is 3.73. The van der Waals surface area contributed by atoms with Crippen LogP contribution in [-0.2, 0) is 4.79 Å². The number of carbonyl (C=O) groups is 1. The van der Waals surface area contributed by atoms with Gasteiger partial charge in [0.1, 0.15) is 5.75 Å². The van der Waals surface area contributed by atoms with Gasteiger partial charge in [-0.05, 0) is 48.6 Å². The molecule has 0 bridgehead atoms. The Morgan fingerprint density at radius 1 is 1.25 bits per heavy atom. The summed E-state index contributed by atoms with van der Waals surface area (Å²) in [5.74, 6) is 1.10. The van der Waals surface area contributed by atoms with Gasteiger partial charge in [-0.15, -0.1) is 0 Å². The first-order valence-electron chi connectivity index (χ1n) is 9.72. The summed E-state index contributed by atoms with van der Waals surface area (Å²) in [6.07, 6.45) is 5.33. The van der Waals surface area contributed by atoms with Crippen molar-refractivity contribution in [2.45, 2.75) is 39.5 Å². The molecule has 1 unspecified atom stereocenters. The summed E-state index contributed by atoms with van der Waals surface area (Å²) < 4.78 is 6.82. The van der Waals surface area contributed by atoms with Crippen molar-refractivity contribution in [1.29, 1.82) is 0 Å². The molecule has 3 aromatic rings. The molecule has 0 radical (unpaired) electrons. The fraction of sp³-hybridized carbons (Fsp3) is 0.304. The van der Waals surface area contributed by atoms with Crippen LogP contribution in [0.5, 0.6) is 5.75 Å². The van der Waals surface area contributed by atoms with Crippen molar-refractivity contribution >= 4 is 38.7 Å². The monoisotopic (exact) mass is 394 g/mol. The van der Waals surface area contributed by atoms with Crippen LogP contribution in [0.3, 0.4) is 0 Å². The first kappa shape index (κ1) is 20.1. The average Bonchev–Trinajstić information content (AvgIpc) is 3.11. The van der Waals surface area contributed by atoms with E-state index in [-0.39, 0.29) is 5.91 Å². The molecule has 28 heavy (non-hydrogen) atoms. The Balaban J connectivity index is 1.70. The number of ether oxygens (including phenoxy) is 1. The first-order valence-corrected chi connectivity index (χ1v) is 10.5. The lowest BCUT2D eigenvalue weighted by Gasteiger charge is -2.07. The van der Waals surface area contributed by atoms with Crippen molar-refractivity contribution in [3.05, 3.63) is 59.7 Å². The van der Waals surface area contributed by atoms with E-state index in [2.05, 4.69) is 43.2 Å². The topological polar surface area (TPSA) is 51.2 Å². The predicted molar refractivity (Wildman–Crippen MR) is 118 cm³/mol. The number of para-hydroxylation sites is 1. The molecule has 0 aliphatic rings. The van der Waals surface area contributed by atoms with E-state index in [1.165, 1.54) is 23.0 Å². The Morgan fingerprint density at radius 2 is 2.07 bits per heavy atom. The number of hydrogen-bond donors (Lipinski definition) is 1. The van der Waals surface area contributed by atoms with Crippen molar-refractivity contribution in [3.8, 4) is 5.75 Å². The highest BCUT2D eigenvalue weighted by atomic mass is 32.1. The van der Waals surface area contributed by atoms with E-state index in [0.717, 1.165) is 34.4 Å². The normalized spacial score (nSPS) is 12.4. The molecular weight excluding hydrogens is 368 g/mol. The van der Waals surface area contributed by atoms with Gasteiger partial charge in [0, 0.05) is 11.6 Å². The summed E-state index contributed by atoms with van der Waals surface area (Å²) in [5.41, 5.74) is 3.10. The molecule has 0 spiro atoms. The summed E-state index contributed by atoms with van der Waals surface area (Å²) in [6.45, 7) is 7.12. The minimum absolute atomic E-state index is 0.202. The Kier molecular flexibility index (Phi) is 6.82. The SMILES string of the molecule is CCCOc1ccccc1/C=C/C(=O)Nc1nc2ccc(C(C)CC)cc2s1. The molecule has 0 aliphatic carbocycles. The second-order valence-corrected chi connectivity index (χ2v) is 7.79. The molecule has 1 amide bonds. The second-order valence-electron chi connectivity index (χ2n) is 6.76. The molecule has 146 valence electrons. The molecule has 4 nitrogen and oxygen atoms in total. The lowest BCUT2D eigenvalue weighted by atomic mass is 9.99. The summed E-state index contributed by atoms with van der Waals surface area (Å²) in [6, 6.07) is 14.0. The van der Waals surface area contributed by atoms with E-state index >= 15 is 0 Å². The number of anilines is 1. The second kappa shape index (κ2) is 9.51. The van der Waals surface area contributed by atoms with Gasteiger partial charge in [0.25, 0.3) is 0 Å². The number of nitrogens with one attached hydrogen (secondary N) is 1. The van der Waals surface area contributed by atoms with Gasteiger partial charge >= 0.3 is 0 Å².